The zero-order chi connectivity index (χ0) is 33.3. The summed E-state index contributed by atoms with van der Waals surface area (Å²) in [5.74, 6) is 1.02. The van der Waals surface area contributed by atoms with Crippen LogP contribution in [0.2, 0.25) is 0 Å². The molecule has 0 radical (unpaired) electrons. The van der Waals surface area contributed by atoms with Gasteiger partial charge in [-0.25, -0.2) is 4.58 Å². The van der Waals surface area contributed by atoms with Crippen LogP contribution in [0.5, 0.6) is 0 Å². The molecule has 4 aromatic rings. The fourth-order valence-corrected chi connectivity index (χ4v) is 8.71. The van der Waals surface area contributed by atoms with Crippen molar-refractivity contribution in [1.82, 2.24) is 4.58 Å². The molecule has 2 heterocycles. The summed E-state index contributed by atoms with van der Waals surface area (Å²) in [6.45, 7) is 20.9. The minimum absolute atomic E-state index is 0.159. The van der Waals surface area contributed by atoms with E-state index in [0.29, 0.717) is 11.8 Å². The molecule has 2 heteroatoms. The van der Waals surface area contributed by atoms with E-state index in [2.05, 4.69) is 180 Å². The lowest BCUT2D eigenvalue weighted by molar-refractivity contribution is 0.273. The summed E-state index contributed by atoms with van der Waals surface area (Å²) in [6.07, 6.45) is 9.21. The van der Waals surface area contributed by atoms with Gasteiger partial charge in [0.2, 0.25) is 5.36 Å². The second kappa shape index (κ2) is 13.1. The van der Waals surface area contributed by atoms with Crippen molar-refractivity contribution in [1.29, 1.82) is 0 Å². The van der Waals surface area contributed by atoms with Crippen LogP contribution in [0, 0.1) is 0 Å². The van der Waals surface area contributed by atoms with Gasteiger partial charge in [-0.15, -0.1) is 0 Å². The van der Waals surface area contributed by atoms with E-state index in [9.17, 15) is 0 Å². The minimum Gasteiger partial charge on any atom is -0.366 e. The highest BCUT2D eigenvalue weighted by molar-refractivity contribution is 5.83. The summed E-state index contributed by atoms with van der Waals surface area (Å²) in [4.78, 5) is 2.58. The molecule has 4 aromatic carbocycles. The van der Waals surface area contributed by atoms with Gasteiger partial charge < -0.3 is 4.90 Å². The van der Waals surface area contributed by atoms with Gasteiger partial charge in [0.15, 0.2) is 5.54 Å². The lowest BCUT2D eigenvalue weighted by Crippen LogP contribution is -2.52. The highest BCUT2D eigenvalue weighted by Crippen LogP contribution is 2.44. The van der Waals surface area contributed by atoms with Gasteiger partial charge in [-0.05, 0) is 123 Å². The third kappa shape index (κ3) is 6.40. The summed E-state index contributed by atoms with van der Waals surface area (Å²) in [7, 11) is 0. The number of allylic oxidation sites excluding steroid dienone is 3. The Morgan fingerprint density at radius 1 is 0.745 bits per heavy atom. The molecular weight excluding hydrogens is 569 g/mol. The maximum atomic E-state index is 2.58. The van der Waals surface area contributed by atoms with Gasteiger partial charge in [0.1, 0.15) is 6.54 Å². The summed E-state index contributed by atoms with van der Waals surface area (Å²) in [6, 6.07) is 36.0. The summed E-state index contributed by atoms with van der Waals surface area (Å²) in [5, 5.41) is 2.66. The molecule has 0 aromatic heterocycles. The topological polar surface area (TPSA) is 6.25 Å². The SMILES string of the molecule is CCN1c2ccc(/C(=C/C=C/C(c3ccccc3)=c3/ccc4c(c3)C(C)CC(C)(C)[N+]=4CC)c3ccccc3)cc2C(C)CC1(C)C. The van der Waals surface area contributed by atoms with E-state index in [-0.39, 0.29) is 11.1 Å². The van der Waals surface area contributed by atoms with Crippen LogP contribution >= 0.6 is 0 Å². The molecule has 0 aliphatic carbocycles. The molecule has 0 N–H and O–H groups in total. The Bertz CT molecular complexity index is 1930. The Hall–Kier alpha value is -4.17. The van der Waals surface area contributed by atoms with Crippen LogP contribution < -0.4 is 20.1 Å². The third-order valence-corrected chi connectivity index (χ3v) is 10.7. The first-order valence-electron chi connectivity index (χ1n) is 17.7. The zero-order valence-corrected chi connectivity index (χ0v) is 29.8. The average Bonchev–Trinajstić information content (AvgIpc) is 3.05. The molecule has 2 unspecified atom stereocenters. The van der Waals surface area contributed by atoms with Gasteiger partial charge in [-0.2, -0.15) is 0 Å². The van der Waals surface area contributed by atoms with Crippen molar-refractivity contribution in [2.45, 2.75) is 91.1 Å². The van der Waals surface area contributed by atoms with Crippen LogP contribution in [0.4, 0.5) is 5.69 Å². The predicted octanol–water partition coefficient (Wildman–Crippen LogP) is 9.48. The number of rotatable bonds is 7. The molecule has 6 rings (SSSR count). The Morgan fingerprint density at radius 2 is 1.40 bits per heavy atom. The molecule has 0 saturated heterocycles. The fourth-order valence-electron chi connectivity index (χ4n) is 8.71. The van der Waals surface area contributed by atoms with Gasteiger partial charge in [0, 0.05) is 35.8 Å². The second-order valence-corrected chi connectivity index (χ2v) is 15.0. The number of nitrogens with zero attached hydrogens (tertiary/aromatic N) is 2. The normalized spacial score (nSPS) is 21.0. The van der Waals surface area contributed by atoms with Crippen LogP contribution in [-0.4, -0.2) is 24.2 Å². The first kappa shape index (κ1) is 32.8. The summed E-state index contributed by atoms with van der Waals surface area (Å²) >= 11 is 0. The number of hydrogen-bond acceptors (Lipinski definition) is 1. The molecule has 0 spiro atoms. The number of hydrogen-bond donors (Lipinski definition) is 0. The van der Waals surface area contributed by atoms with Crippen LogP contribution in [-0.2, 0) is 0 Å². The van der Waals surface area contributed by atoms with Crippen LogP contribution in [0.15, 0.2) is 115 Å². The van der Waals surface area contributed by atoms with Crippen molar-refractivity contribution in [2.24, 2.45) is 0 Å². The first-order valence-corrected chi connectivity index (χ1v) is 17.7. The molecule has 2 nitrogen and oxygen atoms in total. The lowest BCUT2D eigenvalue weighted by Gasteiger charge is -2.47. The van der Waals surface area contributed by atoms with E-state index < -0.39 is 0 Å². The number of benzene rings is 4. The smallest absolute Gasteiger partial charge is 0.203 e. The Labute approximate surface area is 283 Å². The average molecular weight is 622 g/mol. The maximum absolute atomic E-state index is 2.58. The molecule has 47 heavy (non-hydrogen) atoms. The van der Waals surface area contributed by atoms with E-state index in [1.807, 2.05) is 0 Å². The minimum atomic E-state index is 0.159. The Balaban J connectivity index is 1.50. The largest absolute Gasteiger partial charge is 0.366 e. The molecule has 2 aliphatic heterocycles. The van der Waals surface area contributed by atoms with Crippen LogP contribution in [0.1, 0.15) is 108 Å². The second-order valence-electron chi connectivity index (χ2n) is 15.0. The van der Waals surface area contributed by atoms with E-state index >= 15 is 0 Å². The molecule has 2 atom stereocenters. The highest BCUT2D eigenvalue weighted by atomic mass is 15.2. The third-order valence-electron chi connectivity index (χ3n) is 10.7. The molecule has 0 fully saturated rings. The quantitative estimate of drug-likeness (QED) is 0.147. The zero-order valence-electron chi connectivity index (χ0n) is 29.8. The van der Waals surface area contributed by atoms with Gasteiger partial charge in [-0.1, -0.05) is 98.8 Å². The molecule has 0 saturated carbocycles. The van der Waals surface area contributed by atoms with E-state index in [4.69, 9.17) is 0 Å². The number of anilines is 1. The van der Waals surface area contributed by atoms with Crippen molar-refractivity contribution in [3.8, 4) is 0 Å². The maximum Gasteiger partial charge on any atom is 0.203 e. The fraction of sp³-hybridized carbons (Fsp3) is 0.356. The van der Waals surface area contributed by atoms with Crippen molar-refractivity contribution in [3.05, 3.63) is 154 Å². The monoisotopic (exact) mass is 621 g/mol. The van der Waals surface area contributed by atoms with Crippen molar-refractivity contribution < 1.29 is 0 Å². The first-order chi connectivity index (χ1) is 22.5. The standard InChI is InChI=1S/C45H53N2/c1-9-46-42-26-24-36(28-40(42)32(3)30-44(46,5)6)38(34-18-13-11-14-19-34)22-17-23-39(35-20-15-12-16-21-35)37-25-27-43-41(29-37)33(4)31-45(7,8)47(43)10-2/h11-29,32-33H,9-10,30-31H2,1-8H3/q+1. The molecular formula is C45H53N2+. The van der Waals surface area contributed by atoms with E-state index in [1.165, 1.54) is 55.2 Å². The molecule has 0 bridgehead atoms. The summed E-state index contributed by atoms with van der Waals surface area (Å²) < 4.78 is 2.58. The Morgan fingerprint density at radius 3 is 2.06 bits per heavy atom. The van der Waals surface area contributed by atoms with Gasteiger partial charge in [0.25, 0.3) is 0 Å². The number of fused-ring (bicyclic) bond motifs is 2. The van der Waals surface area contributed by atoms with Crippen LogP contribution in [0.3, 0.4) is 0 Å². The molecule has 242 valence electrons. The Kier molecular flexibility index (Phi) is 9.16. The van der Waals surface area contributed by atoms with Gasteiger partial charge in [0.05, 0.1) is 0 Å². The van der Waals surface area contributed by atoms with Crippen molar-refractivity contribution in [3.63, 3.8) is 0 Å². The van der Waals surface area contributed by atoms with Crippen molar-refractivity contribution in [2.75, 3.05) is 18.0 Å². The van der Waals surface area contributed by atoms with Gasteiger partial charge >= 0.3 is 0 Å². The van der Waals surface area contributed by atoms with E-state index in [1.54, 1.807) is 0 Å². The van der Waals surface area contributed by atoms with E-state index in [0.717, 1.165) is 25.9 Å². The molecule has 2 aliphatic rings. The van der Waals surface area contributed by atoms with Crippen molar-refractivity contribution >= 4 is 16.8 Å². The summed E-state index contributed by atoms with van der Waals surface area (Å²) in [5.41, 5.74) is 10.9. The molecule has 0 amide bonds. The predicted molar refractivity (Wildman–Crippen MR) is 203 cm³/mol. The highest BCUT2D eigenvalue weighted by Gasteiger charge is 2.38. The van der Waals surface area contributed by atoms with Crippen LogP contribution in [0.25, 0.3) is 11.1 Å². The lowest BCUT2D eigenvalue weighted by atomic mass is 9.79. The van der Waals surface area contributed by atoms with Gasteiger partial charge in [-0.3, -0.25) is 0 Å².